The number of benzene rings is 2. The molecule has 3 nitrogen and oxygen atoms in total. The van der Waals surface area contributed by atoms with Crippen molar-refractivity contribution < 1.29 is 0 Å². The Kier molecular flexibility index (Phi) is 3.35. The minimum absolute atomic E-state index is 0.482. The maximum atomic E-state index is 5.86. The van der Waals surface area contributed by atoms with E-state index in [-0.39, 0.29) is 0 Å². The third-order valence-electron chi connectivity index (χ3n) is 3.36. The molecule has 0 radical (unpaired) electrons. The molecule has 0 amide bonds. The normalized spacial score (nSPS) is 10.7. The molecule has 3 rings (SSSR count). The Morgan fingerprint density at radius 3 is 2.55 bits per heavy atom. The summed E-state index contributed by atoms with van der Waals surface area (Å²) in [7, 11) is 0. The van der Waals surface area contributed by atoms with Crippen molar-refractivity contribution in [3.05, 3.63) is 71.9 Å². The summed E-state index contributed by atoms with van der Waals surface area (Å²) in [6.45, 7) is 2.56. The standard InChI is InChI=1S/C17H17N3/c1-13-6-5-9-16(10-13)20-17(15(11-18)12-19-20)14-7-3-2-4-8-14/h2-10,12H,11,18H2,1H3. The maximum absolute atomic E-state index is 5.86. The second kappa shape index (κ2) is 5.31. The van der Waals surface area contributed by atoms with Gasteiger partial charge >= 0.3 is 0 Å². The SMILES string of the molecule is Cc1cccc(-n2ncc(CN)c2-c2ccccc2)c1. The second-order valence-electron chi connectivity index (χ2n) is 4.84. The highest BCUT2D eigenvalue weighted by atomic mass is 15.3. The molecule has 0 saturated heterocycles. The summed E-state index contributed by atoms with van der Waals surface area (Å²) in [4.78, 5) is 0. The van der Waals surface area contributed by atoms with Crippen molar-refractivity contribution in [3.8, 4) is 16.9 Å². The minimum atomic E-state index is 0.482. The minimum Gasteiger partial charge on any atom is -0.326 e. The summed E-state index contributed by atoms with van der Waals surface area (Å²) in [5.41, 5.74) is 11.4. The highest BCUT2D eigenvalue weighted by Gasteiger charge is 2.13. The van der Waals surface area contributed by atoms with Crippen molar-refractivity contribution >= 4 is 0 Å². The molecule has 0 aliphatic heterocycles. The fourth-order valence-electron chi connectivity index (χ4n) is 2.39. The van der Waals surface area contributed by atoms with E-state index in [1.54, 1.807) is 0 Å². The van der Waals surface area contributed by atoms with Crippen LogP contribution in [0.5, 0.6) is 0 Å². The molecule has 0 spiro atoms. The fourth-order valence-corrected chi connectivity index (χ4v) is 2.39. The van der Waals surface area contributed by atoms with E-state index in [1.165, 1.54) is 5.56 Å². The molecule has 3 heteroatoms. The molecule has 1 heterocycles. The van der Waals surface area contributed by atoms with Crippen LogP contribution in [0.2, 0.25) is 0 Å². The highest BCUT2D eigenvalue weighted by molar-refractivity contribution is 5.65. The van der Waals surface area contributed by atoms with Gasteiger partial charge in [0.05, 0.1) is 17.6 Å². The Bertz CT molecular complexity index is 714. The Hall–Kier alpha value is -2.39. The fraction of sp³-hybridized carbons (Fsp3) is 0.118. The predicted molar refractivity (Wildman–Crippen MR) is 81.6 cm³/mol. The quantitative estimate of drug-likeness (QED) is 0.788. The van der Waals surface area contributed by atoms with Gasteiger partial charge < -0.3 is 5.73 Å². The van der Waals surface area contributed by atoms with Crippen molar-refractivity contribution in [2.24, 2.45) is 5.73 Å². The van der Waals surface area contributed by atoms with Crippen LogP contribution in [0.3, 0.4) is 0 Å². The van der Waals surface area contributed by atoms with Crippen LogP contribution in [-0.4, -0.2) is 9.78 Å². The largest absolute Gasteiger partial charge is 0.326 e. The van der Waals surface area contributed by atoms with Gasteiger partial charge in [-0.25, -0.2) is 4.68 Å². The van der Waals surface area contributed by atoms with Crippen LogP contribution in [0.1, 0.15) is 11.1 Å². The Morgan fingerprint density at radius 1 is 1.05 bits per heavy atom. The number of hydrogen-bond donors (Lipinski definition) is 1. The summed E-state index contributed by atoms with van der Waals surface area (Å²) >= 11 is 0. The van der Waals surface area contributed by atoms with Crippen molar-refractivity contribution in [1.82, 2.24) is 9.78 Å². The van der Waals surface area contributed by atoms with E-state index in [0.29, 0.717) is 6.54 Å². The lowest BCUT2D eigenvalue weighted by Gasteiger charge is -2.10. The van der Waals surface area contributed by atoms with E-state index in [2.05, 4.69) is 42.4 Å². The molecular weight excluding hydrogens is 246 g/mol. The summed E-state index contributed by atoms with van der Waals surface area (Å²) < 4.78 is 1.96. The van der Waals surface area contributed by atoms with Gasteiger partial charge in [0.15, 0.2) is 0 Å². The van der Waals surface area contributed by atoms with Crippen molar-refractivity contribution in [2.75, 3.05) is 0 Å². The van der Waals surface area contributed by atoms with Crippen molar-refractivity contribution in [3.63, 3.8) is 0 Å². The lowest BCUT2D eigenvalue weighted by Crippen LogP contribution is -2.02. The van der Waals surface area contributed by atoms with Crippen LogP contribution < -0.4 is 5.73 Å². The van der Waals surface area contributed by atoms with Gasteiger partial charge in [-0.15, -0.1) is 0 Å². The van der Waals surface area contributed by atoms with E-state index >= 15 is 0 Å². The number of nitrogens with zero attached hydrogens (tertiary/aromatic N) is 2. The van der Waals surface area contributed by atoms with Crippen molar-refractivity contribution in [2.45, 2.75) is 13.5 Å². The van der Waals surface area contributed by atoms with E-state index in [4.69, 9.17) is 5.73 Å². The van der Waals surface area contributed by atoms with Gasteiger partial charge in [-0.3, -0.25) is 0 Å². The van der Waals surface area contributed by atoms with Crippen LogP contribution in [0, 0.1) is 6.92 Å². The first kappa shape index (κ1) is 12.6. The molecule has 20 heavy (non-hydrogen) atoms. The van der Waals surface area contributed by atoms with E-state index in [0.717, 1.165) is 22.5 Å². The van der Waals surface area contributed by atoms with Gasteiger partial charge in [0.1, 0.15) is 0 Å². The smallest absolute Gasteiger partial charge is 0.0785 e. The molecule has 2 N–H and O–H groups in total. The van der Waals surface area contributed by atoms with Crippen molar-refractivity contribution in [1.29, 1.82) is 0 Å². The van der Waals surface area contributed by atoms with Crippen LogP contribution in [0.25, 0.3) is 16.9 Å². The second-order valence-corrected chi connectivity index (χ2v) is 4.84. The van der Waals surface area contributed by atoms with Crippen LogP contribution in [0.4, 0.5) is 0 Å². The van der Waals surface area contributed by atoms with E-state index < -0.39 is 0 Å². The average molecular weight is 263 g/mol. The monoisotopic (exact) mass is 263 g/mol. The molecule has 0 aliphatic carbocycles. The molecule has 0 saturated carbocycles. The Morgan fingerprint density at radius 2 is 1.85 bits per heavy atom. The van der Waals surface area contributed by atoms with Gasteiger partial charge in [0.2, 0.25) is 0 Å². The molecule has 2 aromatic carbocycles. The molecule has 3 aromatic rings. The summed E-state index contributed by atoms with van der Waals surface area (Å²) in [6, 6.07) is 18.6. The molecule has 0 bridgehead atoms. The van der Waals surface area contributed by atoms with Gasteiger partial charge in [-0.1, -0.05) is 42.5 Å². The molecule has 100 valence electrons. The van der Waals surface area contributed by atoms with Gasteiger partial charge in [0.25, 0.3) is 0 Å². The number of nitrogens with two attached hydrogens (primary N) is 1. The van der Waals surface area contributed by atoms with Crippen LogP contribution >= 0.6 is 0 Å². The molecule has 0 atom stereocenters. The molecule has 0 fully saturated rings. The molecule has 0 aliphatic rings. The lowest BCUT2D eigenvalue weighted by molar-refractivity contribution is 0.886. The number of rotatable bonds is 3. The zero-order valence-electron chi connectivity index (χ0n) is 11.5. The van der Waals surface area contributed by atoms with Crippen LogP contribution in [-0.2, 0) is 6.54 Å². The first-order valence-electron chi connectivity index (χ1n) is 6.69. The highest BCUT2D eigenvalue weighted by Crippen LogP contribution is 2.26. The zero-order valence-corrected chi connectivity index (χ0v) is 11.5. The first-order chi connectivity index (χ1) is 9.79. The van der Waals surface area contributed by atoms with Gasteiger partial charge in [0, 0.05) is 17.7 Å². The van der Waals surface area contributed by atoms with E-state index in [9.17, 15) is 0 Å². The van der Waals surface area contributed by atoms with Crippen LogP contribution in [0.15, 0.2) is 60.8 Å². The Labute approximate surface area is 118 Å². The summed E-state index contributed by atoms with van der Waals surface area (Å²) in [5.74, 6) is 0. The molecular formula is C17H17N3. The first-order valence-corrected chi connectivity index (χ1v) is 6.69. The third kappa shape index (κ3) is 2.24. The number of aromatic nitrogens is 2. The topological polar surface area (TPSA) is 43.8 Å². The maximum Gasteiger partial charge on any atom is 0.0785 e. The number of aryl methyl sites for hydroxylation is 1. The zero-order chi connectivity index (χ0) is 13.9. The third-order valence-corrected chi connectivity index (χ3v) is 3.36. The average Bonchev–Trinajstić information content (AvgIpc) is 2.92. The summed E-state index contributed by atoms with van der Waals surface area (Å²) in [6.07, 6.45) is 1.85. The Balaban J connectivity index is 2.20. The predicted octanol–water partition coefficient (Wildman–Crippen LogP) is 3.31. The van der Waals surface area contributed by atoms with Gasteiger partial charge in [-0.2, -0.15) is 5.10 Å². The lowest BCUT2D eigenvalue weighted by atomic mass is 10.1. The van der Waals surface area contributed by atoms with Gasteiger partial charge in [-0.05, 0) is 24.6 Å². The molecule has 0 unspecified atom stereocenters. The summed E-state index contributed by atoms with van der Waals surface area (Å²) in [5, 5.41) is 4.51. The van der Waals surface area contributed by atoms with E-state index in [1.807, 2.05) is 35.1 Å². The molecule has 1 aromatic heterocycles. The number of hydrogen-bond acceptors (Lipinski definition) is 2.